The van der Waals surface area contributed by atoms with Gasteiger partial charge in [0.1, 0.15) is 24.1 Å². The van der Waals surface area contributed by atoms with E-state index in [1.54, 1.807) is 0 Å². The first-order chi connectivity index (χ1) is 13.8. The lowest BCUT2D eigenvalue weighted by Gasteiger charge is -2.22. The molecule has 0 saturated carbocycles. The Morgan fingerprint density at radius 2 is 1.76 bits per heavy atom. The number of hydrogen-bond donors (Lipinski definition) is 0. The molecular weight excluding hydrogens is 406 g/mol. The Labute approximate surface area is 169 Å². The number of carbonyl (C=O) groups excluding carboxylic acids is 3. The van der Waals surface area contributed by atoms with Gasteiger partial charge in [-0.15, -0.1) is 26.8 Å². The number of thioether (sulfide) groups is 1. The molecule has 0 radical (unpaired) electrons. The quantitative estimate of drug-likeness (QED) is 0.271. The standard InChI is InChI=1S/C16H19N5O7S/c1-7(22)25-5-10-12(26-8(2)23)13(27-9(3)24)16(28-10)21-19-11-14(20-21)17-6-18-15(11)29-4/h6,10,12-13,16H,5H2,1-4H3/t10-,12-,13-,16-/m1/s1. The van der Waals surface area contributed by atoms with E-state index in [0.29, 0.717) is 16.2 Å². The molecule has 3 heterocycles. The first-order valence-corrected chi connectivity index (χ1v) is 9.77. The van der Waals surface area contributed by atoms with Gasteiger partial charge in [-0.05, 0) is 6.26 Å². The molecule has 1 saturated heterocycles. The second-order valence-electron chi connectivity index (χ2n) is 6.09. The molecule has 0 unspecified atom stereocenters. The van der Waals surface area contributed by atoms with Crippen LogP contribution in [-0.2, 0) is 33.3 Å². The molecule has 1 aliphatic heterocycles. The lowest BCUT2D eigenvalue weighted by atomic mass is 10.1. The highest BCUT2D eigenvalue weighted by atomic mass is 32.2. The van der Waals surface area contributed by atoms with E-state index >= 15 is 0 Å². The van der Waals surface area contributed by atoms with E-state index < -0.39 is 42.4 Å². The van der Waals surface area contributed by atoms with Gasteiger partial charge in [-0.1, -0.05) is 0 Å². The van der Waals surface area contributed by atoms with Crippen molar-refractivity contribution in [3.8, 4) is 0 Å². The van der Waals surface area contributed by atoms with Gasteiger partial charge in [0.2, 0.25) is 11.9 Å². The van der Waals surface area contributed by atoms with Crippen LogP contribution in [0, 0.1) is 0 Å². The normalized spacial score (nSPS) is 23.7. The second-order valence-corrected chi connectivity index (χ2v) is 6.89. The van der Waals surface area contributed by atoms with Crippen LogP contribution in [0.15, 0.2) is 11.4 Å². The zero-order valence-electron chi connectivity index (χ0n) is 16.1. The van der Waals surface area contributed by atoms with Gasteiger partial charge in [-0.25, -0.2) is 9.97 Å². The molecular formula is C16H19N5O7S. The molecule has 3 rings (SSSR count). The van der Waals surface area contributed by atoms with E-state index in [4.69, 9.17) is 18.9 Å². The number of carbonyl (C=O) groups is 3. The highest BCUT2D eigenvalue weighted by molar-refractivity contribution is 7.98. The van der Waals surface area contributed by atoms with Gasteiger partial charge in [0.25, 0.3) is 0 Å². The SMILES string of the molecule is CSc1ncnc2nn([C@@H]3O[C@H](COC(C)=O)[C@@H](OC(C)=O)[C@H]3OC(C)=O)nc12. The Balaban J connectivity index is 1.99. The van der Waals surface area contributed by atoms with Gasteiger partial charge in [0.05, 0.1) is 0 Å². The Hall–Kier alpha value is -2.80. The van der Waals surface area contributed by atoms with Gasteiger partial charge in [-0.3, -0.25) is 14.4 Å². The van der Waals surface area contributed by atoms with E-state index in [9.17, 15) is 14.4 Å². The van der Waals surface area contributed by atoms with Gasteiger partial charge >= 0.3 is 17.9 Å². The number of fused-ring (bicyclic) bond motifs is 1. The molecule has 0 bridgehead atoms. The summed E-state index contributed by atoms with van der Waals surface area (Å²) in [6, 6.07) is 0. The number of hydrogen-bond acceptors (Lipinski definition) is 12. The Bertz CT molecular complexity index is 936. The molecule has 13 heteroatoms. The molecule has 0 spiro atoms. The molecule has 12 nitrogen and oxygen atoms in total. The highest BCUT2D eigenvalue weighted by Crippen LogP contribution is 2.34. The molecule has 2 aromatic rings. The van der Waals surface area contributed by atoms with Crippen molar-refractivity contribution in [2.24, 2.45) is 0 Å². The summed E-state index contributed by atoms with van der Waals surface area (Å²) in [4.78, 5) is 43.9. The third-order valence-corrected chi connectivity index (χ3v) is 4.62. The van der Waals surface area contributed by atoms with E-state index in [2.05, 4.69) is 20.2 Å². The molecule has 0 aromatic carbocycles. The number of nitrogens with zero attached hydrogens (tertiary/aromatic N) is 5. The Morgan fingerprint density at radius 3 is 2.38 bits per heavy atom. The molecule has 0 N–H and O–H groups in total. The van der Waals surface area contributed by atoms with Gasteiger partial charge in [0, 0.05) is 20.8 Å². The molecule has 2 aromatic heterocycles. The number of aromatic nitrogens is 5. The zero-order chi connectivity index (χ0) is 21.1. The van der Waals surface area contributed by atoms with Crippen molar-refractivity contribution < 1.29 is 33.3 Å². The largest absolute Gasteiger partial charge is 0.463 e. The summed E-state index contributed by atoms with van der Waals surface area (Å²) in [6.07, 6.45) is -0.826. The van der Waals surface area contributed by atoms with E-state index in [1.165, 1.54) is 43.7 Å². The van der Waals surface area contributed by atoms with Crippen LogP contribution in [0.1, 0.15) is 27.0 Å². The maximum atomic E-state index is 11.7. The van der Waals surface area contributed by atoms with Crippen LogP contribution in [0.5, 0.6) is 0 Å². The predicted octanol–water partition coefficient (Wildman–Crippen LogP) is 0.267. The topological polar surface area (TPSA) is 145 Å². The number of esters is 3. The molecule has 1 fully saturated rings. The summed E-state index contributed by atoms with van der Waals surface area (Å²) in [5.74, 6) is -1.76. The van der Waals surface area contributed by atoms with Crippen LogP contribution >= 0.6 is 11.8 Å². The Morgan fingerprint density at radius 1 is 1.07 bits per heavy atom. The van der Waals surface area contributed by atoms with Crippen molar-refractivity contribution in [1.82, 2.24) is 25.0 Å². The van der Waals surface area contributed by atoms with Gasteiger partial charge < -0.3 is 18.9 Å². The maximum absolute atomic E-state index is 11.7. The van der Waals surface area contributed by atoms with Gasteiger partial charge in [0.15, 0.2) is 17.7 Å². The van der Waals surface area contributed by atoms with E-state index in [1.807, 2.05) is 6.26 Å². The van der Waals surface area contributed by atoms with Crippen LogP contribution in [0.4, 0.5) is 0 Å². The van der Waals surface area contributed by atoms with Crippen LogP contribution in [-0.4, -0.2) is 74.0 Å². The number of ether oxygens (including phenoxy) is 4. The maximum Gasteiger partial charge on any atom is 0.303 e. The third kappa shape index (κ3) is 4.62. The van der Waals surface area contributed by atoms with Crippen molar-refractivity contribution in [3.63, 3.8) is 0 Å². The predicted molar refractivity (Wildman–Crippen MR) is 96.6 cm³/mol. The minimum Gasteiger partial charge on any atom is -0.463 e. The van der Waals surface area contributed by atoms with Gasteiger partial charge in [-0.2, -0.15) is 0 Å². The van der Waals surface area contributed by atoms with Crippen molar-refractivity contribution in [2.45, 2.75) is 50.3 Å². The van der Waals surface area contributed by atoms with Crippen molar-refractivity contribution in [1.29, 1.82) is 0 Å². The first-order valence-electron chi connectivity index (χ1n) is 8.55. The fourth-order valence-corrected chi connectivity index (χ4v) is 3.36. The second kappa shape index (κ2) is 8.69. The van der Waals surface area contributed by atoms with Crippen LogP contribution in [0.2, 0.25) is 0 Å². The molecule has 0 aliphatic carbocycles. The number of rotatable bonds is 6. The molecule has 4 atom stereocenters. The van der Waals surface area contributed by atoms with Crippen LogP contribution in [0.3, 0.4) is 0 Å². The lowest BCUT2D eigenvalue weighted by molar-refractivity contribution is -0.166. The first kappa shape index (κ1) is 20.9. The summed E-state index contributed by atoms with van der Waals surface area (Å²) in [7, 11) is 0. The highest BCUT2D eigenvalue weighted by Gasteiger charge is 2.51. The molecule has 0 amide bonds. The summed E-state index contributed by atoms with van der Waals surface area (Å²) in [6.45, 7) is 3.45. The molecule has 156 valence electrons. The fourth-order valence-electron chi connectivity index (χ4n) is 2.88. The smallest absolute Gasteiger partial charge is 0.303 e. The average Bonchev–Trinajstić information content (AvgIpc) is 3.21. The van der Waals surface area contributed by atoms with Crippen molar-refractivity contribution in [2.75, 3.05) is 12.9 Å². The van der Waals surface area contributed by atoms with Crippen molar-refractivity contribution >= 4 is 40.8 Å². The molecule has 1 aliphatic rings. The summed E-state index contributed by atoms with van der Waals surface area (Å²) < 4.78 is 21.5. The van der Waals surface area contributed by atoms with Crippen molar-refractivity contribution in [3.05, 3.63) is 6.33 Å². The lowest BCUT2D eigenvalue weighted by Crippen LogP contribution is -2.40. The Kier molecular flexibility index (Phi) is 6.27. The average molecular weight is 425 g/mol. The van der Waals surface area contributed by atoms with E-state index in [0.717, 1.165) is 0 Å². The summed E-state index contributed by atoms with van der Waals surface area (Å²) >= 11 is 1.37. The summed E-state index contributed by atoms with van der Waals surface area (Å²) in [5, 5.41) is 9.25. The minimum atomic E-state index is -1.07. The van der Waals surface area contributed by atoms with E-state index in [-0.39, 0.29) is 6.61 Å². The summed E-state index contributed by atoms with van der Waals surface area (Å²) in [5.41, 5.74) is 0.764. The third-order valence-electron chi connectivity index (χ3n) is 3.93. The zero-order valence-corrected chi connectivity index (χ0v) is 16.9. The fraction of sp³-hybridized carbons (Fsp3) is 0.562. The minimum absolute atomic E-state index is 0.210. The van der Waals surface area contributed by atoms with Crippen LogP contribution < -0.4 is 0 Å². The molecule has 29 heavy (non-hydrogen) atoms. The monoisotopic (exact) mass is 425 g/mol. The van der Waals surface area contributed by atoms with Crippen LogP contribution in [0.25, 0.3) is 11.2 Å².